The minimum atomic E-state index is -0.669. The van der Waals surface area contributed by atoms with E-state index < -0.39 is 35.6 Å². The van der Waals surface area contributed by atoms with Gasteiger partial charge in [0.2, 0.25) is 0 Å². The number of hydrogen-bond donors (Lipinski definition) is 0. The molecule has 0 saturated carbocycles. The SMILES string of the molecule is O=C(OCCOC(=O)c1ccc(N2C(=O)C=CC2=O)cc1)c1ccc(N2C(=O)C=CC2=O)cc1. The molecule has 2 aromatic carbocycles. The molecule has 0 saturated heterocycles. The Balaban J connectivity index is 1.24. The normalized spacial score (nSPS) is 14.8. The first-order valence-corrected chi connectivity index (χ1v) is 10.0. The second-order valence-corrected chi connectivity index (χ2v) is 7.06. The molecular weight excluding hydrogens is 444 g/mol. The zero-order valence-electron chi connectivity index (χ0n) is 17.5. The maximum absolute atomic E-state index is 12.1. The van der Waals surface area contributed by atoms with E-state index in [2.05, 4.69) is 0 Å². The van der Waals surface area contributed by atoms with E-state index in [0.29, 0.717) is 11.4 Å². The molecule has 0 radical (unpaired) electrons. The number of carbonyl (C=O) groups excluding carboxylic acids is 6. The maximum Gasteiger partial charge on any atom is 0.338 e. The van der Waals surface area contributed by atoms with Gasteiger partial charge >= 0.3 is 11.9 Å². The van der Waals surface area contributed by atoms with E-state index in [9.17, 15) is 28.8 Å². The second-order valence-electron chi connectivity index (χ2n) is 7.06. The van der Waals surface area contributed by atoms with Gasteiger partial charge in [-0.2, -0.15) is 0 Å². The Bertz CT molecular complexity index is 1120. The molecule has 2 heterocycles. The molecule has 10 nitrogen and oxygen atoms in total. The van der Waals surface area contributed by atoms with Crippen molar-refractivity contribution in [2.24, 2.45) is 0 Å². The number of nitrogens with zero attached hydrogens (tertiary/aromatic N) is 2. The lowest BCUT2D eigenvalue weighted by Crippen LogP contribution is -2.29. The van der Waals surface area contributed by atoms with Gasteiger partial charge in [0.1, 0.15) is 13.2 Å². The van der Waals surface area contributed by atoms with Crippen molar-refractivity contribution in [3.05, 3.63) is 84.0 Å². The van der Waals surface area contributed by atoms with E-state index >= 15 is 0 Å². The molecule has 0 unspecified atom stereocenters. The lowest BCUT2D eigenvalue weighted by Gasteiger charge is -2.14. The quantitative estimate of drug-likeness (QED) is 0.346. The van der Waals surface area contributed by atoms with Gasteiger partial charge < -0.3 is 9.47 Å². The van der Waals surface area contributed by atoms with E-state index in [1.54, 1.807) is 0 Å². The number of anilines is 2. The van der Waals surface area contributed by atoms with Gasteiger partial charge in [-0.05, 0) is 48.5 Å². The smallest absolute Gasteiger partial charge is 0.338 e. The minimum Gasteiger partial charge on any atom is -0.458 e. The second kappa shape index (κ2) is 9.33. The molecule has 2 aromatic rings. The Labute approximate surface area is 192 Å². The van der Waals surface area contributed by atoms with Gasteiger partial charge in [-0.25, -0.2) is 19.4 Å². The summed E-state index contributed by atoms with van der Waals surface area (Å²) in [5.74, 6) is -3.20. The van der Waals surface area contributed by atoms with Crippen LogP contribution < -0.4 is 9.80 Å². The summed E-state index contributed by atoms with van der Waals surface area (Å²) in [4.78, 5) is 73.0. The van der Waals surface area contributed by atoms with Gasteiger partial charge in [-0.1, -0.05) is 0 Å². The number of amides is 4. The van der Waals surface area contributed by atoms with Gasteiger partial charge in [0.15, 0.2) is 0 Å². The molecular formula is C24H16N2O8. The highest BCUT2D eigenvalue weighted by Gasteiger charge is 2.26. The summed E-state index contributed by atoms with van der Waals surface area (Å²) in [5.41, 5.74) is 1.04. The van der Waals surface area contributed by atoms with Crippen LogP contribution >= 0.6 is 0 Å². The molecule has 0 bridgehead atoms. The van der Waals surface area contributed by atoms with Gasteiger partial charge in [0.05, 0.1) is 22.5 Å². The van der Waals surface area contributed by atoms with Crippen molar-refractivity contribution in [2.75, 3.05) is 23.0 Å². The van der Waals surface area contributed by atoms with E-state index in [4.69, 9.17) is 9.47 Å². The fourth-order valence-corrected chi connectivity index (χ4v) is 3.24. The number of esters is 2. The summed E-state index contributed by atoms with van der Waals surface area (Å²) in [6.07, 6.45) is 4.64. The minimum absolute atomic E-state index is 0.193. The standard InChI is InChI=1S/C24H16N2O8/c27-19-9-10-20(28)25(19)17-5-1-15(2-6-17)23(31)33-13-14-34-24(32)16-3-7-18(8-4-16)26-21(29)11-12-22(26)30/h1-12H,13-14H2. The predicted molar refractivity (Wildman–Crippen MR) is 117 cm³/mol. The highest BCUT2D eigenvalue weighted by Crippen LogP contribution is 2.21. The van der Waals surface area contributed by atoms with Crippen LogP contribution in [0.3, 0.4) is 0 Å². The summed E-state index contributed by atoms with van der Waals surface area (Å²) < 4.78 is 10.1. The summed E-state index contributed by atoms with van der Waals surface area (Å²) in [6.45, 7) is -0.389. The molecule has 34 heavy (non-hydrogen) atoms. The summed E-state index contributed by atoms with van der Waals surface area (Å²) in [6, 6.07) is 11.4. The maximum atomic E-state index is 12.1. The summed E-state index contributed by atoms with van der Waals surface area (Å²) >= 11 is 0. The number of carbonyl (C=O) groups is 6. The first-order valence-electron chi connectivity index (χ1n) is 10.0. The molecule has 0 N–H and O–H groups in total. The lowest BCUT2D eigenvalue weighted by atomic mass is 10.2. The average molecular weight is 460 g/mol. The molecule has 2 aliphatic rings. The van der Waals surface area contributed by atoms with Crippen LogP contribution in [0.1, 0.15) is 20.7 Å². The number of rotatable bonds is 7. The molecule has 10 heteroatoms. The Morgan fingerprint density at radius 2 is 0.824 bits per heavy atom. The predicted octanol–water partition coefficient (Wildman–Crippen LogP) is 1.56. The molecule has 4 rings (SSSR count). The molecule has 0 fully saturated rings. The number of imide groups is 2. The molecule has 2 aliphatic heterocycles. The topological polar surface area (TPSA) is 127 Å². The molecule has 4 amide bonds. The van der Waals surface area contributed by atoms with Crippen LogP contribution in [0.2, 0.25) is 0 Å². The van der Waals surface area contributed by atoms with Crippen molar-refractivity contribution < 1.29 is 38.2 Å². The van der Waals surface area contributed by atoms with Crippen LogP contribution in [0.4, 0.5) is 11.4 Å². The third-order valence-corrected chi connectivity index (χ3v) is 4.89. The van der Waals surface area contributed by atoms with Crippen LogP contribution in [0.25, 0.3) is 0 Å². The fourth-order valence-electron chi connectivity index (χ4n) is 3.24. The Morgan fingerprint density at radius 3 is 1.12 bits per heavy atom. The zero-order valence-corrected chi connectivity index (χ0v) is 17.5. The third-order valence-electron chi connectivity index (χ3n) is 4.89. The van der Waals surface area contributed by atoms with E-state index in [1.165, 1.54) is 48.5 Å². The van der Waals surface area contributed by atoms with Crippen LogP contribution in [-0.2, 0) is 28.7 Å². The average Bonchev–Trinajstić information content (AvgIpc) is 3.36. The van der Waals surface area contributed by atoms with Crippen molar-refractivity contribution in [1.29, 1.82) is 0 Å². The Kier molecular flexibility index (Phi) is 6.13. The first-order chi connectivity index (χ1) is 16.3. The van der Waals surface area contributed by atoms with Crippen LogP contribution in [0.5, 0.6) is 0 Å². The zero-order chi connectivity index (χ0) is 24.2. The third kappa shape index (κ3) is 4.51. The van der Waals surface area contributed by atoms with Crippen molar-refractivity contribution in [1.82, 2.24) is 0 Å². The van der Waals surface area contributed by atoms with Crippen molar-refractivity contribution in [3.63, 3.8) is 0 Å². The van der Waals surface area contributed by atoms with Crippen LogP contribution in [-0.4, -0.2) is 48.8 Å². The van der Waals surface area contributed by atoms with Gasteiger partial charge in [0, 0.05) is 24.3 Å². The Hall–Kier alpha value is -4.86. The molecule has 0 aromatic heterocycles. The van der Waals surface area contributed by atoms with Crippen molar-refractivity contribution in [2.45, 2.75) is 0 Å². The largest absolute Gasteiger partial charge is 0.458 e. The van der Waals surface area contributed by atoms with E-state index in [-0.39, 0.29) is 24.3 Å². The van der Waals surface area contributed by atoms with Gasteiger partial charge in [-0.15, -0.1) is 0 Å². The highest BCUT2D eigenvalue weighted by molar-refractivity contribution is 6.28. The fraction of sp³-hybridized carbons (Fsp3) is 0.0833. The molecule has 0 aliphatic carbocycles. The monoisotopic (exact) mass is 460 g/mol. The van der Waals surface area contributed by atoms with Crippen LogP contribution in [0, 0.1) is 0 Å². The number of benzene rings is 2. The molecule has 0 atom stereocenters. The first kappa shape index (κ1) is 22.3. The van der Waals surface area contributed by atoms with Gasteiger partial charge in [0.25, 0.3) is 23.6 Å². The van der Waals surface area contributed by atoms with Crippen LogP contribution in [0.15, 0.2) is 72.8 Å². The molecule has 0 spiro atoms. The lowest BCUT2D eigenvalue weighted by molar-refractivity contribution is -0.121. The summed E-state index contributed by atoms with van der Waals surface area (Å²) in [5, 5.41) is 0. The van der Waals surface area contributed by atoms with E-state index in [0.717, 1.165) is 34.1 Å². The highest BCUT2D eigenvalue weighted by atomic mass is 16.6. The number of hydrogen-bond acceptors (Lipinski definition) is 8. The van der Waals surface area contributed by atoms with Crippen molar-refractivity contribution in [3.8, 4) is 0 Å². The summed E-state index contributed by atoms with van der Waals surface area (Å²) in [7, 11) is 0. The number of ether oxygens (including phenoxy) is 2. The van der Waals surface area contributed by atoms with Crippen molar-refractivity contribution >= 4 is 46.9 Å². The Morgan fingerprint density at radius 1 is 0.529 bits per heavy atom. The van der Waals surface area contributed by atoms with E-state index in [1.807, 2.05) is 0 Å². The molecule has 170 valence electrons. The van der Waals surface area contributed by atoms with Gasteiger partial charge in [-0.3, -0.25) is 19.2 Å².